The largest absolute Gasteiger partial charge is 0.389 e. The van der Waals surface area contributed by atoms with Crippen LogP contribution in [0.25, 0.3) is 0 Å². The van der Waals surface area contributed by atoms with Gasteiger partial charge in [0.15, 0.2) is 11.6 Å². The maximum atomic E-state index is 13.3. The molecule has 0 amide bonds. The average molecular weight is 344 g/mol. The highest BCUT2D eigenvalue weighted by atomic mass is 16.3. The molecular weight excluding hydrogens is 316 g/mol. The zero-order valence-electron chi connectivity index (χ0n) is 15.2. The van der Waals surface area contributed by atoms with Crippen molar-refractivity contribution in [3.8, 4) is 0 Å². The van der Waals surface area contributed by atoms with E-state index >= 15 is 0 Å². The van der Waals surface area contributed by atoms with Crippen molar-refractivity contribution in [1.82, 2.24) is 0 Å². The number of allylic oxidation sites excluding steroid dienone is 1. The fraction of sp³-hybridized carbons (Fsp3) is 0.762. The summed E-state index contributed by atoms with van der Waals surface area (Å²) in [5.74, 6) is 0.913. The number of aliphatic hydroxyl groups excluding tert-OH is 1. The number of carbonyl (C=O) groups is 3. The maximum Gasteiger partial charge on any atom is 0.161 e. The first-order valence-electron chi connectivity index (χ1n) is 9.71. The highest BCUT2D eigenvalue weighted by Gasteiger charge is 2.62. The Morgan fingerprint density at radius 2 is 1.96 bits per heavy atom. The third kappa shape index (κ3) is 2.26. The molecule has 0 spiro atoms. The van der Waals surface area contributed by atoms with E-state index in [1.165, 1.54) is 5.57 Å². The van der Waals surface area contributed by atoms with Gasteiger partial charge < -0.3 is 5.11 Å². The molecule has 4 aliphatic carbocycles. The summed E-state index contributed by atoms with van der Waals surface area (Å²) in [7, 11) is 0. The molecule has 0 aromatic heterocycles. The van der Waals surface area contributed by atoms with Gasteiger partial charge in [-0.25, -0.2) is 0 Å². The third-order valence-electron chi connectivity index (χ3n) is 8.19. The molecule has 4 heteroatoms. The maximum absolute atomic E-state index is 13.3. The number of Topliss-reactive ketones (excluding diaryl/α,β-unsaturated/α-hetero) is 2. The molecule has 4 aliphatic rings. The molecule has 4 rings (SSSR count). The van der Waals surface area contributed by atoms with Gasteiger partial charge in [0.2, 0.25) is 0 Å². The predicted molar refractivity (Wildman–Crippen MR) is 92.7 cm³/mol. The predicted octanol–water partition coefficient (Wildman–Crippen LogP) is 2.87. The molecule has 6 atom stereocenters. The van der Waals surface area contributed by atoms with Gasteiger partial charge in [-0.2, -0.15) is 0 Å². The first-order chi connectivity index (χ1) is 11.8. The van der Waals surface area contributed by atoms with Crippen molar-refractivity contribution < 1.29 is 19.5 Å². The standard InChI is InChI=1S/C21H28O4/c1-20-8-7-13(23)9-12(20)3-4-14-15-5-6-16(18(25)11-22)21(15,2)10-17(24)19(14)20/h9,14-16,19,22H,3-8,10-11H2,1-2H3. The molecule has 3 saturated carbocycles. The van der Waals surface area contributed by atoms with E-state index in [1.807, 2.05) is 6.08 Å². The molecule has 6 unspecified atom stereocenters. The van der Waals surface area contributed by atoms with Crippen LogP contribution in [0.2, 0.25) is 0 Å². The molecule has 0 aliphatic heterocycles. The highest BCUT2D eigenvalue weighted by molar-refractivity contribution is 5.93. The van der Waals surface area contributed by atoms with Crippen molar-refractivity contribution in [3.63, 3.8) is 0 Å². The van der Waals surface area contributed by atoms with Gasteiger partial charge in [-0.15, -0.1) is 0 Å². The van der Waals surface area contributed by atoms with Gasteiger partial charge in [0.05, 0.1) is 0 Å². The number of carbonyl (C=O) groups excluding carboxylic acids is 3. The van der Waals surface area contributed by atoms with Crippen molar-refractivity contribution in [2.24, 2.45) is 34.5 Å². The Kier molecular flexibility index (Phi) is 3.84. The van der Waals surface area contributed by atoms with Crippen LogP contribution >= 0.6 is 0 Å². The monoisotopic (exact) mass is 344 g/mol. The second-order valence-electron chi connectivity index (χ2n) is 9.24. The summed E-state index contributed by atoms with van der Waals surface area (Å²) in [5.41, 5.74) is 0.719. The second kappa shape index (κ2) is 5.60. The second-order valence-corrected chi connectivity index (χ2v) is 9.24. The van der Waals surface area contributed by atoms with Gasteiger partial charge in [0.25, 0.3) is 0 Å². The molecule has 0 heterocycles. The summed E-state index contributed by atoms with van der Waals surface area (Å²) in [4.78, 5) is 37.4. The summed E-state index contributed by atoms with van der Waals surface area (Å²) in [6.45, 7) is 3.88. The normalized spacial score (nSPS) is 46.1. The quantitative estimate of drug-likeness (QED) is 0.836. The number of hydrogen-bond acceptors (Lipinski definition) is 4. The van der Waals surface area contributed by atoms with Crippen LogP contribution in [0.5, 0.6) is 0 Å². The molecule has 3 fully saturated rings. The lowest BCUT2D eigenvalue weighted by Gasteiger charge is -2.56. The number of rotatable bonds is 2. The number of hydrogen-bond donors (Lipinski definition) is 1. The van der Waals surface area contributed by atoms with Gasteiger partial charge in [-0.05, 0) is 60.8 Å². The minimum Gasteiger partial charge on any atom is -0.389 e. The lowest BCUT2D eigenvalue weighted by atomic mass is 9.46. The third-order valence-corrected chi connectivity index (χ3v) is 8.19. The van der Waals surface area contributed by atoms with E-state index in [9.17, 15) is 19.5 Å². The molecule has 0 radical (unpaired) electrons. The molecule has 0 saturated heterocycles. The van der Waals surface area contributed by atoms with Crippen molar-refractivity contribution >= 4 is 17.3 Å². The number of ketones is 3. The Hall–Kier alpha value is -1.29. The Morgan fingerprint density at radius 1 is 1.20 bits per heavy atom. The summed E-state index contributed by atoms with van der Waals surface area (Å²) in [6, 6.07) is 0. The number of aliphatic hydroxyl groups is 1. The van der Waals surface area contributed by atoms with Crippen LogP contribution in [0, 0.1) is 34.5 Å². The van der Waals surface area contributed by atoms with Crippen molar-refractivity contribution in [3.05, 3.63) is 11.6 Å². The summed E-state index contributed by atoms with van der Waals surface area (Å²) < 4.78 is 0. The van der Waals surface area contributed by atoms with Crippen LogP contribution in [-0.4, -0.2) is 29.1 Å². The molecule has 4 nitrogen and oxygen atoms in total. The molecule has 1 N–H and O–H groups in total. The molecule has 25 heavy (non-hydrogen) atoms. The van der Waals surface area contributed by atoms with E-state index in [0.29, 0.717) is 24.7 Å². The average Bonchev–Trinajstić information content (AvgIpc) is 2.91. The fourth-order valence-electron chi connectivity index (χ4n) is 7.02. The Labute approximate surface area is 149 Å². The fourth-order valence-corrected chi connectivity index (χ4v) is 7.02. The van der Waals surface area contributed by atoms with Gasteiger partial charge in [0, 0.05) is 24.7 Å². The first kappa shape index (κ1) is 17.1. The van der Waals surface area contributed by atoms with Crippen LogP contribution in [0.15, 0.2) is 11.6 Å². The van der Waals surface area contributed by atoms with E-state index in [1.54, 1.807) is 0 Å². The van der Waals surface area contributed by atoms with Gasteiger partial charge in [-0.1, -0.05) is 19.4 Å². The lowest BCUT2D eigenvalue weighted by Crippen LogP contribution is -2.55. The highest BCUT2D eigenvalue weighted by Crippen LogP contribution is 2.65. The zero-order chi connectivity index (χ0) is 18.0. The van der Waals surface area contributed by atoms with Gasteiger partial charge >= 0.3 is 0 Å². The first-order valence-corrected chi connectivity index (χ1v) is 9.71. The lowest BCUT2D eigenvalue weighted by molar-refractivity contribution is -0.149. The summed E-state index contributed by atoms with van der Waals surface area (Å²) in [5, 5.41) is 9.34. The number of fused-ring (bicyclic) bond motifs is 5. The van der Waals surface area contributed by atoms with Crippen molar-refractivity contribution in [1.29, 1.82) is 0 Å². The summed E-state index contributed by atoms with van der Waals surface area (Å²) in [6.07, 6.45) is 7.23. The SMILES string of the molecule is CC12CCC(=O)C=C1CCC1C2C(=O)CC2(C)C(C(=O)CO)CCC12. The molecule has 0 aromatic carbocycles. The minimum atomic E-state index is -0.415. The molecular formula is C21H28O4. The topological polar surface area (TPSA) is 71.4 Å². The van der Waals surface area contributed by atoms with Crippen molar-refractivity contribution in [2.45, 2.75) is 58.8 Å². The Bertz CT molecular complexity index is 677. The van der Waals surface area contributed by atoms with E-state index in [0.717, 1.165) is 32.1 Å². The molecule has 136 valence electrons. The smallest absolute Gasteiger partial charge is 0.161 e. The van der Waals surface area contributed by atoms with E-state index < -0.39 is 6.61 Å². The Balaban J connectivity index is 1.71. The van der Waals surface area contributed by atoms with E-state index in [4.69, 9.17) is 0 Å². The minimum absolute atomic E-state index is 0.00153. The zero-order valence-corrected chi connectivity index (χ0v) is 15.2. The van der Waals surface area contributed by atoms with Crippen LogP contribution < -0.4 is 0 Å². The van der Waals surface area contributed by atoms with Crippen LogP contribution in [0.4, 0.5) is 0 Å². The van der Waals surface area contributed by atoms with Gasteiger partial charge in [-0.3, -0.25) is 14.4 Å². The van der Waals surface area contributed by atoms with Crippen molar-refractivity contribution in [2.75, 3.05) is 6.61 Å². The van der Waals surface area contributed by atoms with E-state index in [2.05, 4.69) is 13.8 Å². The molecule has 0 bridgehead atoms. The van der Waals surface area contributed by atoms with E-state index in [-0.39, 0.29) is 40.0 Å². The molecule has 0 aromatic rings. The van der Waals surface area contributed by atoms with Crippen LogP contribution in [-0.2, 0) is 14.4 Å². The summed E-state index contributed by atoms with van der Waals surface area (Å²) >= 11 is 0. The van der Waals surface area contributed by atoms with Crippen LogP contribution in [0.1, 0.15) is 58.8 Å². The Morgan fingerprint density at radius 3 is 2.68 bits per heavy atom. The van der Waals surface area contributed by atoms with Gasteiger partial charge in [0.1, 0.15) is 12.4 Å². The van der Waals surface area contributed by atoms with Crippen LogP contribution in [0.3, 0.4) is 0 Å².